The summed E-state index contributed by atoms with van der Waals surface area (Å²) in [7, 11) is 6.22. The second kappa shape index (κ2) is 6.57. The Hall–Kier alpha value is -1.13. The molecule has 0 unspecified atom stereocenters. The molecule has 0 aromatic carbocycles. The molecule has 96 valence electrons. The van der Waals surface area contributed by atoms with Gasteiger partial charge in [-0.3, -0.25) is 0 Å². The maximum Gasteiger partial charge on any atom is 0.131 e. The number of aryl methyl sites for hydroxylation is 1. The smallest absolute Gasteiger partial charge is 0.131 e. The molecule has 0 bridgehead atoms. The summed E-state index contributed by atoms with van der Waals surface area (Å²) >= 11 is 0. The van der Waals surface area contributed by atoms with E-state index < -0.39 is 0 Å². The Kier molecular flexibility index (Phi) is 5.38. The molecule has 0 saturated heterocycles. The minimum absolute atomic E-state index is 0.0540. The summed E-state index contributed by atoms with van der Waals surface area (Å²) in [4.78, 5) is 8.75. The summed E-state index contributed by atoms with van der Waals surface area (Å²) in [5.41, 5.74) is 1.98. The van der Waals surface area contributed by atoms with Gasteiger partial charge >= 0.3 is 0 Å². The summed E-state index contributed by atoms with van der Waals surface area (Å²) in [5.74, 6) is 1.00. The molecule has 1 aromatic heterocycles. The molecule has 0 fully saturated rings. The van der Waals surface area contributed by atoms with Crippen LogP contribution < -0.4 is 4.90 Å². The van der Waals surface area contributed by atoms with Crippen LogP contribution in [-0.4, -0.2) is 49.2 Å². The van der Waals surface area contributed by atoms with Crippen molar-refractivity contribution in [3.05, 3.63) is 23.4 Å². The lowest BCUT2D eigenvalue weighted by Gasteiger charge is -2.21. The Morgan fingerprint density at radius 1 is 1.24 bits per heavy atom. The van der Waals surface area contributed by atoms with Crippen LogP contribution in [0, 0.1) is 6.92 Å². The second-order valence-corrected chi connectivity index (χ2v) is 4.72. The first-order chi connectivity index (χ1) is 8.04. The lowest BCUT2D eigenvalue weighted by Crippen LogP contribution is -2.24. The normalized spacial score (nSPS) is 10.9. The lowest BCUT2D eigenvalue weighted by atomic mass is 10.2. The zero-order valence-corrected chi connectivity index (χ0v) is 11.3. The number of hydrogen-bond donors (Lipinski definition) is 1. The molecule has 0 saturated carbocycles. The van der Waals surface area contributed by atoms with Gasteiger partial charge in [0.15, 0.2) is 0 Å². The predicted molar refractivity (Wildman–Crippen MR) is 71.3 cm³/mol. The largest absolute Gasteiger partial charge is 0.392 e. The third kappa shape index (κ3) is 4.32. The van der Waals surface area contributed by atoms with E-state index in [-0.39, 0.29) is 6.61 Å². The van der Waals surface area contributed by atoms with Gasteiger partial charge in [-0.25, -0.2) is 4.98 Å². The van der Waals surface area contributed by atoms with Gasteiger partial charge < -0.3 is 14.9 Å². The molecule has 1 rings (SSSR count). The molecule has 0 amide bonds. The van der Waals surface area contributed by atoms with Crippen LogP contribution in [0.3, 0.4) is 0 Å². The summed E-state index contributed by atoms with van der Waals surface area (Å²) in [6.07, 6.45) is 2.86. The van der Waals surface area contributed by atoms with Crippen molar-refractivity contribution in [3.63, 3.8) is 0 Å². The minimum Gasteiger partial charge on any atom is -0.392 e. The summed E-state index contributed by atoms with van der Waals surface area (Å²) < 4.78 is 0. The third-order valence-corrected chi connectivity index (χ3v) is 2.75. The van der Waals surface area contributed by atoms with Crippen molar-refractivity contribution >= 4 is 5.82 Å². The van der Waals surface area contributed by atoms with Crippen molar-refractivity contribution in [2.45, 2.75) is 20.0 Å². The first kappa shape index (κ1) is 13.9. The van der Waals surface area contributed by atoms with E-state index in [1.165, 1.54) is 0 Å². The van der Waals surface area contributed by atoms with Gasteiger partial charge in [-0.15, -0.1) is 0 Å². The van der Waals surface area contributed by atoms with E-state index in [2.05, 4.69) is 35.9 Å². The maximum atomic E-state index is 9.03. The van der Waals surface area contributed by atoms with Gasteiger partial charge in [-0.2, -0.15) is 0 Å². The average Bonchev–Trinajstić information content (AvgIpc) is 2.28. The van der Waals surface area contributed by atoms with Crippen LogP contribution in [0.15, 0.2) is 12.3 Å². The maximum absolute atomic E-state index is 9.03. The van der Waals surface area contributed by atoms with Crippen molar-refractivity contribution in [3.8, 4) is 0 Å². The number of hydrogen-bond acceptors (Lipinski definition) is 4. The van der Waals surface area contributed by atoms with Crippen molar-refractivity contribution in [1.82, 2.24) is 9.88 Å². The highest BCUT2D eigenvalue weighted by molar-refractivity contribution is 5.46. The molecule has 0 aliphatic rings. The summed E-state index contributed by atoms with van der Waals surface area (Å²) in [6, 6.07) is 1.99. The van der Waals surface area contributed by atoms with Gasteiger partial charge in [-0.1, -0.05) is 0 Å². The van der Waals surface area contributed by atoms with Gasteiger partial charge in [0.1, 0.15) is 5.82 Å². The topological polar surface area (TPSA) is 39.6 Å². The molecule has 0 spiro atoms. The highest BCUT2D eigenvalue weighted by Crippen LogP contribution is 2.16. The molecule has 0 atom stereocenters. The molecule has 0 radical (unpaired) electrons. The van der Waals surface area contributed by atoms with Crippen molar-refractivity contribution in [2.75, 3.05) is 39.1 Å². The molecule has 1 heterocycles. The molecule has 4 heteroatoms. The van der Waals surface area contributed by atoms with Crippen LogP contribution in [0.5, 0.6) is 0 Å². The minimum atomic E-state index is 0.0540. The van der Waals surface area contributed by atoms with E-state index in [0.717, 1.165) is 36.5 Å². The Morgan fingerprint density at radius 2 is 1.94 bits per heavy atom. The van der Waals surface area contributed by atoms with Crippen LogP contribution in [0.1, 0.15) is 17.5 Å². The van der Waals surface area contributed by atoms with E-state index in [1.807, 2.05) is 13.0 Å². The number of nitrogens with zero attached hydrogens (tertiary/aromatic N) is 3. The number of rotatable bonds is 6. The fourth-order valence-corrected chi connectivity index (χ4v) is 1.84. The first-order valence-electron chi connectivity index (χ1n) is 5.97. The zero-order chi connectivity index (χ0) is 12.8. The molecule has 0 aliphatic heterocycles. The Morgan fingerprint density at radius 3 is 2.47 bits per heavy atom. The van der Waals surface area contributed by atoms with Gasteiger partial charge in [0.05, 0.1) is 6.61 Å². The lowest BCUT2D eigenvalue weighted by molar-refractivity contribution is 0.281. The third-order valence-electron chi connectivity index (χ3n) is 2.75. The quantitative estimate of drug-likeness (QED) is 0.809. The molecule has 17 heavy (non-hydrogen) atoms. The van der Waals surface area contributed by atoms with E-state index in [0.29, 0.717) is 0 Å². The number of pyridine rings is 1. The van der Waals surface area contributed by atoms with Crippen LogP contribution in [-0.2, 0) is 6.61 Å². The standard InChI is InChI=1S/C13H23N3O/c1-11-8-12(10-17)9-14-13(11)16(4)7-5-6-15(2)3/h8-9,17H,5-7,10H2,1-4H3. The van der Waals surface area contributed by atoms with E-state index in [9.17, 15) is 0 Å². The monoisotopic (exact) mass is 237 g/mol. The van der Waals surface area contributed by atoms with Crippen molar-refractivity contribution in [1.29, 1.82) is 0 Å². The average molecular weight is 237 g/mol. The molecular formula is C13H23N3O. The van der Waals surface area contributed by atoms with Crippen LogP contribution in [0.4, 0.5) is 5.82 Å². The van der Waals surface area contributed by atoms with Crippen LogP contribution in [0.25, 0.3) is 0 Å². The highest BCUT2D eigenvalue weighted by Gasteiger charge is 2.06. The van der Waals surface area contributed by atoms with Crippen molar-refractivity contribution in [2.24, 2.45) is 0 Å². The van der Waals surface area contributed by atoms with Gasteiger partial charge in [0, 0.05) is 19.8 Å². The molecular weight excluding hydrogens is 214 g/mol. The van der Waals surface area contributed by atoms with Gasteiger partial charge in [0.2, 0.25) is 0 Å². The van der Waals surface area contributed by atoms with E-state index in [4.69, 9.17) is 5.11 Å². The zero-order valence-electron chi connectivity index (χ0n) is 11.3. The fraction of sp³-hybridized carbons (Fsp3) is 0.615. The Labute approximate surface area is 104 Å². The Balaban J connectivity index is 2.59. The van der Waals surface area contributed by atoms with Crippen LogP contribution >= 0.6 is 0 Å². The summed E-state index contributed by atoms with van der Waals surface area (Å²) in [5, 5.41) is 9.03. The van der Waals surface area contributed by atoms with Gasteiger partial charge in [0.25, 0.3) is 0 Å². The van der Waals surface area contributed by atoms with Crippen molar-refractivity contribution < 1.29 is 5.11 Å². The number of aromatic nitrogens is 1. The highest BCUT2D eigenvalue weighted by atomic mass is 16.3. The van der Waals surface area contributed by atoms with E-state index >= 15 is 0 Å². The molecule has 1 aromatic rings. The summed E-state index contributed by atoms with van der Waals surface area (Å²) in [6.45, 7) is 4.16. The van der Waals surface area contributed by atoms with Gasteiger partial charge in [-0.05, 0) is 51.2 Å². The second-order valence-electron chi connectivity index (χ2n) is 4.72. The molecule has 1 N–H and O–H groups in total. The number of anilines is 1. The molecule has 4 nitrogen and oxygen atoms in total. The van der Waals surface area contributed by atoms with Crippen LogP contribution in [0.2, 0.25) is 0 Å². The predicted octanol–water partition coefficient (Wildman–Crippen LogP) is 1.27. The molecule has 0 aliphatic carbocycles. The van der Waals surface area contributed by atoms with E-state index in [1.54, 1.807) is 6.20 Å². The number of aliphatic hydroxyl groups is 1. The number of aliphatic hydroxyl groups excluding tert-OH is 1. The first-order valence-corrected chi connectivity index (χ1v) is 5.97. The SMILES string of the molecule is Cc1cc(CO)cnc1N(C)CCCN(C)C. The Bertz CT molecular complexity index is 353. The fourth-order valence-electron chi connectivity index (χ4n) is 1.84.